The Morgan fingerprint density at radius 1 is 1.33 bits per heavy atom. The Bertz CT molecular complexity index is 869. The van der Waals surface area contributed by atoms with Gasteiger partial charge in [0.2, 0.25) is 0 Å². The van der Waals surface area contributed by atoms with Gasteiger partial charge in [0.05, 0.1) is 26.0 Å². The van der Waals surface area contributed by atoms with E-state index >= 15 is 0 Å². The quantitative estimate of drug-likeness (QED) is 0.754. The molecule has 0 N–H and O–H groups in total. The Morgan fingerprint density at radius 3 is 2.54 bits per heavy atom. The van der Waals surface area contributed by atoms with Crippen LogP contribution in [0.25, 0.3) is 0 Å². The van der Waals surface area contributed by atoms with Gasteiger partial charge in [0.15, 0.2) is 9.84 Å². The molecule has 0 unspecified atom stereocenters. The second kappa shape index (κ2) is 7.03. The summed E-state index contributed by atoms with van der Waals surface area (Å²) in [6.07, 6.45) is 1.51. The summed E-state index contributed by atoms with van der Waals surface area (Å²) in [6, 6.07) is 4.48. The van der Waals surface area contributed by atoms with E-state index in [9.17, 15) is 13.2 Å². The SMILES string of the molecule is CCc1nc(C)c([C@@H](C)OC(=O)c2cc(S(C)(=O)=O)ccc2C)s1. The largest absolute Gasteiger partial charge is 0.453 e. The van der Waals surface area contributed by atoms with Crippen molar-refractivity contribution in [3.8, 4) is 0 Å². The van der Waals surface area contributed by atoms with Gasteiger partial charge in [0, 0.05) is 6.26 Å². The van der Waals surface area contributed by atoms with Gasteiger partial charge in [-0.15, -0.1) is 11.3 Å². The van der Waals surface area contributed by atoms with Crippen molar-refractivity contribution in [2.24, 2.45) is 0 Å². The van der Waals surface area contributed by atoms with E-state index in [1.165, 1.54) is 23.5 Å². The Hall–Kier alpha value is -1.73. The summed E-state index contributed by atoms with van der Waals surface area (Å²) in [4.78, 5) is 17.9. The minimum absolute atomic E-state index is 0.106. The molecule has 2 rings (SSSR count). The van der Waals surface area contributed by atoms with Gasteiger partial charge in [-0.1, -0.05) is 13.0 Å². The van der Waals surface area contributed by atoms with E-state index in [0.29, 0.717) is 5.56 Å². The van der Waals surface area contributed by atoms with Gasteiger partial charge in [-0.3, -0.25) is 0 Å². The zero-order valence-electron chi connectivity index (χ0n) is 14.4. The molecular formula is C17H21NO4S2. The first-order chi connectivity index (χ1) is 11.1. The number of rotatable bonds is 5. The maximum absolute atomic E-state index is 12.5. The van der Waals surface area contributed by atoms with Crippen LogP contribution in [-0.2, 0) is 21.0 Å². The van der Waals surface area contributed by atoms with Crippen LogP contribution in [0.2, 0.25) is 0 Å². The zero-order valence-corrected chi connectivity index (χ0v) is 16.0. The fourth-order valence-electron chi connectivity index (χ4n) is 2.32. The Morgan fingerprint density at radius 2 is 2.00 bits per heavy atom. The lowest BCUT2D eigenvalue weighted by Gasteiger charge is -2.14. The lowest BCUT2D eigenvalue weighted by Crippen LogP contribution is -2.11. The Balaban J connectivity index is 2.27. The number of carbonyl (C=O) groups excluding carboxylic acids is 1. The normalized spacial score (nSPS) is 12.9. The first-order valence-electron chi connectivity index (χ1n) is 7.61. The Kier molecular flexibility index (Phi) is 5.45. The molecule has 1 heterocycles. The van der Waals surface area contributed by atoms with Crippen molar-refractivity contribution in [3.63, 3.8) is 0 Å². The van der Waals surface area contributed by atoms with E-state index in [1.54, 1.807) is 19.9 Å². The lowest BCUT2D eigenvalue weighted by molar-refractivity contribution is 0.0342. The van der Waals surface area contributed by atoms with E-state index < -0.39 is 21.9 Å². The highest BCUT2D eigenvalue weighted by Gasteiger charge is 2.21. The summed E-state index contributed by atoms with van der Waals surface area (Å²) in [6.45, 7) is 7.47. The predicted octanol–water partition coefficient (Wildman–Crippen LogP) is 3.64. The van der Waals surface area contributed by atoms with Crippen LogP contribution in [0.4, 0.5) is 0 Å². The average Bonchev–Trinajstić information content (AvgIpc) is 2.87. The predicted molar refractivity (Wildman–Crippen MR) is 94.3 cm³/mol. The van der Waals surface area contributed by atoms with Crippen LogP contribution in [0, 0.1) is 13.8 Å². The third kappa shape index (κ3) is 4.02. The van der Waals surface area contributed by atoms with E-state index in [1.807, 2.05) is 13.8 Å². The third-order valence-electron chi connectivity index (χ3n) is 3.69. The molecule has 2 aromatic rings. The molecule has 0 fully saturated rings. The van der Waals surface area contributed by atoms with E-state index in [0.717, 1.165) is 28.3 Å². The molecule has 5 nitrogen and oxygen atoms in total. The van der Waals surface area contributed by atoms with Crippen LogP contribution in [0.1, 0.15) is 51.5 Å². The minimum Gasteiger partial charge on any atom is -0.453 e. The van der Waals surface area contributed by atoms with Crippen molar-refractivity contribution in [2.45, 2.75) is 45.1 Å². The summed E-state index contributed by atoms with van der Waals surface area (Å²) in [5.74, 6) is -0.531. The highest BCUT2D eigenvalue weighted by atomic mass is 32.2. The van der Waals surface area contributed by atoms with Crippen molar-refractivity contribution in [1.82, 2.24) is 4.98 Å². The molecule has 24 heavy (non-hydrogen) atoms. The van der Waals surface area contributed by atoms with Gasteiger partial charge < -0.3 is 4.74 Å². The molecule has 7 heteroatoms. The molecule has 0 spiro atoms. The number of aromatic nitrogens is 1. The lowest BCUT2D eigenvalue weighted by atomic mass is 10.1. The Labute approximate surface area is 146 Å². The molecule has 0 bridgehead atoms. The number of benzene rings is 1. The fourth-order valence-corrected chi connectivity index (χ4v) is 3.96. The number of esters is 1. The average molecular weight is 367 g/mol. The maximum atomic E-state index is 12.5. The van der Waals surface area contributed by atoms with E-state index in [4.69, 9.17) is 4.74 Å². The number of sulfone groups is 1. The molecular weight excluding hydrogens is 346 g/mol. The molecule has 0 aliphatic rings. The van der Waals surface area contributed by atoms with Gasteiger partial charge in [0.1, 0.15) is 6.10 Å². The highest BCUT2D eigenvalue weighted by molar-refractivity contribution is 7.90. The minimum atomic E-state index is -3.38. The number of carbonyl (C=O) groups is 1. The molecule has 130 valence electrons. The van der Waals surface area contributed by atoms with Crippen molar-refractivity contribution in [3.05, 3.63) is 44.9 Å². The molecule has 0 aliphatic heterocycles. The van der Waals surface area contributed by atoms with Crippen LogP contribution in [0.3, 0.4) is 0 Å². The summed E-state index contributed by atoms with van der Waals surface area (Å²) in [5.41, 5.74) is 1.80. The summed E-state index contributed by atoms with van der Waals surface area (Å²) in [5, 5.41) is 1.00. The second-order valence-corrected chi connectivity index (χ2v) is 8.84. The van der Waals surface area contributed by atoms with Crippen molar-refractivity contribution < 1.29 is 17.9 Å². The van der Waals surface area contributed by atoms with Crippen LogP contribution < -0.4 is 0 Å². The monoisotopic (exact) mass is 367 g/mol. The molecule has 1 aromatic carbocycles. The molecule has 1 atom stereocenters. The van der Waals surface area contributed by atoms with Crippen LogP contribution in [0.15, 0.2) is 23.1 Å². The smallest absolute Gasteiger partial charge is 0.339 e. The third-order valence-corrected chi connectivity index (χ3v) is 6.26. The van der Waals surface area contributed by atoms with E-state index in [2.05, 4.69) is 4.98 Å². The number of thiazole rings is 1. The van der Waals surface area contributed by atoms with Crippen LogP contribution in [-0.4, -0.2) is 25.6 Å². The number of hydrogen-bond donors (Lipinski definition) is 0. The standard InChI is InChI=1S/C17H21NO4S2/c1-6-15-18-11(3)16(23-15)12(4)22-17(19)14-9-13(24(5,20)21)8-7-10(14)2/h7-9,12H,6H2,1-5H3/t12-/m1/s1. The van der Waals surface area contributed by atoms with Crippen LogP contribution >= 0.6 is 11.3 Å². The molecule has 0 saturated heterocycles. The zero-order chi connectivity index (χ0) is 18.1. The molecule has 0 radical (unpaired) electrons. The second-order valence-electron chi connectivity index (χ2n) is 5.71. The fraction of sp³-hybridized carbons (Fsp3) is 0.412. The summed E-state index contributed by atoms with van der Waals surface area (Å²) < 4.78 is 28.9. The van der Waals surface area contributed by atoms with Gasteiger partial charge >= 0.3 is 5.97 Å². The van der Waals surface area contributed by atoms with Crippen molar-refractivity contribution >= 4 is 27.1 Å². The number of aryl methyl sites for hydroxylation is 3. The van der Waals surface area contributed by atoms with Crippen molar-refractivity contribution in [2.75, 3.05) is 6.26 Å². The van der Waals surface area contributed by atoms with Gasteiger partial charge in [-0.25, -0.2) is 18.2 Å². The maximum Gasteiger partial charge on any atom is 0.339 e. The van der Waals surface area contributed by atoms with Gasteiger partial charge in [-0.05, 0) is 44.9 Å². The van der Waals surface area contributed by atoms with Crippen molar-refractivity contribution in [1.29, 1.82) is 0 Å². The molecule has 0 amide bonds. The topological polar surface area (TPSA) is 73.3 Å². The number of ether oxygens (including phenoxy) is 1. The number of hydrogen-bond acceptors (Lipinski definition) is 6. The summed E-state index contributed by atoms with van der Waals surface area (Å²) in [7, 11) is -3.38. The van der Waals surface area contributed by atoms with Gasteiger partial charge in [0.25, 0.3) is 0 Å². The first-order valence-corrected chi connectivity index (χ1v) is 10.3. The molecule has 0 aliphatic carbocycles. The first kappa shape index (κ1) is 18.6. The van der Waals surface area contributed by atoms with Gasteiger partial charge in [-0.2, -0.15) is 0 Å². The molecule has 1 aromatic heterocycles. The molecule has 0 saturated carbocycles. The number of nitrogens with zero attached hydrogens (tertiary/aromatic N) is 1. The van der Waals surface area contributed by atoms with E-state index in [-0.39, 0.29) is 10.5 Å². The summed E-state index contributed by atoms with van der Waals surface area (Å²) >= 11 is 1.53. The van der Waals surface area contributed by atoms with Crippen LogP contribution in [0.5, 0.6) is 0 Å². The highest BCUT2D eigenvalue weighted by Crippen LogP contribution is 2.29.